The van der Waals surface area contributed by atoms with E-state index < -0.39 is 16.1 Å². The van der Waals surface area contributed by atoms with E-state index in [1.165, 1.54) is 31.0 Å². The van der Waals surface area contributed by atoms with Crippen LogP contribution in [0.15, 0.2) is 42.0 Å². The molecule has 0 unspecified atom stereocenters. The van der Waals surface area contributed by atoms with E-state index in [-0.39, 0.29) is 42.5 Å². The monoisotopic (exact) mass is 677 g/mol. The molecule has 1 N–H and O–H groups in total. The number of likely N-dealkylation sites (tertiary alicyclic amines) is 1. The van der Waals surface area contributed by atoms with Crippen molar-refractivity contribution in [3.63, 3.8) is 0 Å². The van der Waals surface area contributed by atoms with Crippen LogP contribution in [0, 0.1) is 0 Å². The Balaban J connectivity index is 1.47. The first-order chi connectivity index (χ1) is 22.9. The maximum Gasteiger partial charge on any atom is 0.303 e. The number of hydrogen-bond donors (Lipinski definition) is 1. The summed E-state index contributed by atoms with van der Waals surface area (Å²) in [4.78, 5) is 43.5. The zero-order valence-corrected chi connectivity index (χ0v) is 28.9. The number of hydrogen-bond acceptors (Lipinski definition) is 7. The summed E-state index contributed by atoms with van der Waals surface area (Å²) in [6.45, 7) is 1.11. The first kappa shape index (κ1) is 33.7. The molecule has 0 radical (unpaired) electrons. The second kappa shape index (κ2) is 13.4. The molecule has 256 valence electrons. The van der Waals surface area contributed by atoms with Crippen molar-refractivity contribution in [2.75, 3.05) is 55.0 Å². The zero-order valence-electron chi connectivity index (χ0n) is 28.1. The quantitative estimate of drug-likeness (QED) is 0.366. The van der Waals surface area contributed by atoms with Crippen molar-refractivity contribution in [2.45, 2.75) is 50.7 Å². The van der Waals surface area contributed by atoms with Crippen LogP contribution >= 0.6 is 0 Å². The van der Waals surface area contributed by atoms with Gasteiger partial charge in [0, 0.05) is 68.9 Å². The third-order valence-electron chi connectivity index (χ3n) is 9.78. The van der Waals surface area contributed by atoms with Crippen LogP contribution in [0.4, 0.5) is 0 Å². The number of aromatic nitrogens is 1. The number of fused-ring (bicyclic) bond motifs is 5. The fourth-order valence-corrected chi connectivity index (χ4v) is 7.53. The number of nitrogens with zero attached hydrogens (tertiary/aromatic N) is 4. The van der Waals surface area contributed by atoms with Crippen LogP contribution in [-0.4, -0.2) is 106 Å². The minimum Gasteiger partial charge on any atom is -0.497 e. The molecule has 2 aliphatic heterocycles. The molecule has 3 aromatic rings. The van der Waals surface area contributed by atoms with Crippen LogP contribution in [0.1, 0.15) is 59.5 Å². The summed E-state index contributed by atoms with van der Waals surface area (Å²) < 4.78 is 41.0. The molecular formula is C35H43N5O7S. The average molecular weight is 678 g/mol. The second-order valence-electron chi connectivity index (χ2n) is 13.1. The molecule has 13 heteroatoms. The number of rotatable bonds is 9. The molecule has 0 spiro atoms. The Morgan fingerprint density at radius 2 is 1.71 bits per heavy atom. The predicted octanol–water partition coefficient (Wildman–Crippen LogP) is 3.61. The standard InChI is InChI=1S/C35H43N5O7S/c1-37(2)48(44,45)36-34(42)23-11-13-29-30(17-23)40-18-25(35(43)38(3)21-31(41)39-19-27(20-39)47-5)15-24-16-26(46-4)12-14-28(24)33(40)32(29)22-9-7-6-8-10-22/h11-17,22,27H,6-10,18-21H2,1-5H3,(H,36,42). The minimum absolute atomic E-state index is 0.0137. The summed E-state index contributed by atoms with van der Waals surface area (Å²) in [5.41, 5.74) is 5.27. The van der Waals surface area contributed by atoms with Gasteiger partial charge in [-0.25, -0.2) is 4.72 Å². The van der Waals surface area contributed by atoms with E-state index in [4.69, 9.17) is 9.47 Å². The van der Waals surface area contributed by atoms with E-state index >= 15 is 0 Å². The summed E-state index contributed by atoms with van der Waals surface area (Å²) in [7, 11) is 3.54. The molecule has 12 nitrogen and oxygen atoms in total. The summed E-state index contributed by atoms with van der Waals surface area (Å²) in [6.07, 6.45) is 7.32. The molecule has 48 heavy (non-hydrogen) atoms. The van der Waals surface area contributed by atoms with Gasteiger partial charge in [-0.1, -0.05) is 25.3 Å². The Labute approximate surface area is 281 Å². The molecule has 0 atom stereocenters. The first-order valence-electron chi connectivity index (χ1n) is 16.3. The molecule has 0 bridgehead atoms. The Kier molecular flexibility index (Phi) is 9.38. The molecule has 3 aliphatic rings. The highest BCUT2D eigenvalue weighted by Crippen LogP contribution is 2.47. The topological polar surface area (TPSA) is 130 Å². The van der Waals surface area contributed by atoms with Crippen molar-refractivity contribution in [3.05, 3.63) is 58.7 Å². The van der Waals surface area contributed by atoms with E-state index in [1.807, 2.05) is 30.3 Å². The van der Waals surface area contributed by atoms with Crippen molar-refractivity contribution < 1.29 is 32.3 Å². The maximum absolute atomic E-state index is 14.1. The molecular weight excluding hydrogens is 634 g/mol. The van der Waals surface area contributed by atoms with Gasteiger partial charge < -0.3 is 23.8 Å². The van der Waals surface area contributed by atoms with E-state index in [0.717, 1.165) is 57.7 Å². The molecule has 1 aromatic heterocycles. The number of likely N-dealkylation sites (N-methyl/N-ethyl adjacent to an activating group) is 1. The Hall–Kier alpha value is -4.20. The SMILES string of the molecule is COc1ccc2c(c1)C=C(C(=O)N(C)CC(=O)N1CC(OC)C1)Cn1c-2c(C2CCCCC2)c2ccc(C(=O)NS(=O)(=O)N(C)C)cc21. The Morgan fingerprint density at radius 3 is 2.38 bits per heavy atom. The van der Waals surface area contributed by atoms with Gasteiger partial charge in [0.25, 0.3) is 11.8 Å². The van der Waals surface area contributed by atoms with Crippen molar-refractivity contribution >= 4 is 44.9 Å². The first-order valence-corrected chi connectivity index (χ1v) is 17.7. The number of carbonyl (C=O) groups is 3. The van der Waals surface area contributed by atoms with Crippen LogP contribution < -0.4 is 9.46 Å². The fraction of sp³-hybridized carbons (Fsp3) is 0.457. The second-order valence-corrected chi connectivity index (χ2v) is 15.0. The van der Waals surface area contributed by atoms with Gasteiger partial charge in [-0.3, -0.25) is 14.4 Å². The van der Waals surface area contributed by atoms with Crippen LogP contribution in [0.25, 0.3) is 28.2 Å². The predicted molar refractivity (Wildman–Crippen MR) is 183 cm³/mol. The molecule has 1 saturated heterocycles. The molecule has 6 rings (SSSR count). The Bertz CT molecular complexity index is 1900. The van der Waals surface area contributed by atoms with Crippen molar-refractivity contribution in [2.24, 2.45) is 0 Å². The highest BCUT2D eigenvalue weighted by molar-refractivity contribution is 7.87. The van der Waals surface area contributed by atoms with Crippen molar-refractivity contribution in [1.82, 2.24) is 23.4 Å². The van der Waals surface area contributed by atoms with Crippen molar-refractivity contribution in [3.8, 4) is 17.0 Å². The molecule has 3 heterocycles. The number of ether oxygens (including phenoxy) is 2. The lowest BCUT2D eigenvalue weighted by Gasteiger charge is -2.38. The smallest absolute Gasteiger partial charge is 0.303 e. The van der Waals surface area contributed by atoms with Crippen LogP contribution in [0.3, 0.4) is 0 Å². The number of nitrogens with one attached hydrogen (secondary N) is 1. The summed E-state index contributed by atoms with van der Waals surface area (Å²) >= 11 is 0. The normalized spacial score (nSPS) is 16.9. The third kappa shape index (κ3) is 6.34. The van der Waals surface area contributed by atoms with Gasteiger partial charge in [0.2, 0.25) is 5.91 Å². The number of amides is 3. The summed E-state index contributed by atoms with van der Waals surface area (Å²) in [5, 5.41) is 0.966. The lowest BCUT2D eigenvalue weighted by Crippen LogP contribution is -2.56. The van der Waals surface area contributed by atoms with Gasteiger partial charge in [0.15, 0.2) is 0 Å². The van der Waals surface area contributed by atoms with E-state index in [0.29, 0.717) is 24.4 Å². The molecule has 3 amide bonds. The van der Waals surface area contributed by atoms with Crippen LogP contribution in [-0.2, 0) is 31.1 Å². The van der Waals surface area contributed by atoms with E-state index in [1.54, 1.807) is 38.3 Å². The van der Waals surface area contributed by atoms with Gasteiger partial charge >= 0.3 is 10.2 Å². The lowest BCUT2D eigenvalue weighted by molar-refractivity contribution is -0.146. The number of carbonyl (C=O) groups excluding carboxylic acids is 3. The third-order valence-corrected chi connectivity index (χ3v) is 11.2. The van der Waals surface area contributed by atoms with Crippen LogP contribution in [0.5, 0.6) is 5.75 Å². The highest BCUT2D eigenvalue weighted by Gasteiger charge is 2.34. The van der Waals surface area contributed by atoms with E-state index in [2.05, 4.69) is 9.29 Å². The van der Waals surface area contributed by atoms with E-state index in [9.17, 15) is 22.8 Å². The fourth-order valence-electron chi connectivity index (χ4n) is 6.99. The van der Waals surface area contributed by atoms with Gasteiger partial charge in [0.05, 0.1) is 32.0 Å². The molecule has 2 fully saturated rings. The Morgan fingerprint density at radius 1 is 0.979 bits per heavy atom. The largest absolute Gasteiger partial charge is 0.497 e. The van der Waals surface area contributed by atoms with Gasteiger partial charge in [-0.15, -0.1) is 0 Å². The van der Waals surface area contributed by atoms with Gasteiger partial charge in [-0.05, 0) is 66.3 Å². The molecule has 1 aliphatic carbocycles. The lowest BCUT2D eigenvalue weighted by atomic mass is 9.81. The molecule has 2 aromatic carbocycles. The molecule has 1 saturated carbocycles. The highest BCUT2D eigenvalue weighted by atomic mass is 32.2. The number of methoxy groups -OCH3 is 2. The van der Waals surface area contributed by atoms with Crippen molar-refractivity contribution in [1.29, 1.82) is 0 Å². The zero-order chi connectivity index (χ0) is 34.3. The van der Waals surface area contributed by atoms with Gasteiger partial charge in [0.1, 0.15) is 5.75 Å². The van der Waals surface area contributed by atoms with Crippen LogP contribution in [0.2, 0.25) is 0 Å². The van der Waals surface area contributed by atoms with Gasteiger partial charge in [-0.2, -0.15) is 12.7 Å². The summed E-state index contributed by atoms with van der Waals surface area (Å²) in [6, 6.07) is 11.1. The average Bonchev–Trinajstić information content (AvgIpc) is 3.26. The summed E-state index contributed by atoms with van der Waals surface area (Å²) in [5.74, 6) is -0.265. The number of benzene rings is 2. The maximum atomic E-state index is 14.1. The minimum atomic E-state index is -4.01.